The lowest BCUT2D eigenvalue weighted by atomic mass is 10.2. The minimum atomic E-state index is -3.65. The maximum Gasteiger partial charge on any atom is 0.251 e. The molecule has 3 rings (SSSR count). The van der Waals surface area contributed by atoms with E-state index in [1.54, 1.807) is 24.3 Å². The third-order valence-corrected chi connectivity index (χ3v) is 5.85. The van der Waals surface area contributed by atoms with E-state index in [0.29, 0.717) is 11.3 Å². The molecule has 0 atom stereocenters. The van der Waals surface area contributed by atoms with Gasteiger partial charge in [0.05, 0.1) is 17.7 Å². The predicted molar refractivity (Wildman–Crippen MR) is 108 cm³/mol. The van der Waals surface area contributed by atoms with Crippen LogP contribution in [0.15, 0.2) is 53.4 Å². The number of ether oxygens (including phenoxy) is 1. The number of sulfonamides is 1. The Labute approximate surface area is 169 Å². The van der Waals surface area contributed by atoms with Crippen LogP contribution in [0.5, 0.6) is 5.75 Å². The number of amides is 2. The number of hydrogen-bond donors (Lipinski definition) is 3. The van der Waals surface area contributed by atoms with Crippen molar-refractivity contribution in [2.24, 2.45) is 0 Å². The smallest absolute Gasteiger partial charge is 0.251 e. The van der Waals surface area contributed by atoms with Crippen LogP contribution < -0.4 is 20.1 Å². The van der Waals surface area contributed by atoms with Gasteiger partial charge in [0.15, 0.2) is 0 Å². The summed E-state index contributed by atoms with van der Waals surface area (Å²) >= 11 is 0. The van der Waals surface area contributed by atoms with Gasteiger partial charge in [-0.2, -0.15) is 0 Å². The molecule has 2 aromatic rings. The average Bonchev–Trinajstić information content (AvgIpc) is 3.51. The lowest BCUT2D eigenvalue weighted by molar-refractivity contribution is -0.116. The van der Waals surface area contributed by atoms with E-state index in [1.807, 2.05) is 6.07 Å². The highest BCUT2D eigenvalue weighted by atomic mass is 32.2. The van der Waals surface area contributed by atoms with Crippen LogP contribution >= 0.6 is 0 Å². The third kappa shape index (κ3) is 5.78. The largest absolute Gasteiger partial charge is 0.495 e. The Bertz CT molecular complexity index is 988. The van der Waals surface area contributed by atoms with E-state index in [2.05, 4.69) is 15.4 Å². The van der Waals surface area contributed by atoms with E-state index < -0.39 is 10.0 Å². The van der Waals surface area contributed by atoms with Gasteiger partial charge >= 0.3 is 0 Å². The highest BCUT2D eigenvalue weighted by Crippen LogP contribution is 2.29. The van der Waals surface area contributed by atoms with E-state index in [0.717, 1.165) is 12.8 Å². The molecule has 2 amide bonds. The molecule has 0 saturated heterocycles. The summed E-state index contributed by atoms with van der Waals surface area (Å²) in [7, 11) is -2.22. The van der Waals surface area contributed by atoms with Gasteiger partial charge in [0.2, 0.25) is 15.9 Å². The first-order valence-electron chi connectivity index (χ1n) is 9.22. The van der Waals surface area contributed by atoms with Crippen LogP contribution in [0.1, 0.15) is 29.6 Å². The average molecular weight is 417 g/mol. The zero-order valence-electron chi connectivity index (χ0n) is 16.0. The lowest BCUT2D eigenvalue weighted by Gasteiger charge is -2.13. The Balaban J connectivity index is 1.60. The number of carbonyl (C=O) groups is 2. The summed E-state index contributed by atoms with van der Waals surface area (Å²) in [6.45, 7) is 0.142. The highest BCUT2D eigenvalue weighted by molar-refractivity contribution is 7.89. The minimum absolute atomic E-state index is 0.0200. The molecule has 8 nitrogen and oxygen atoms in total. The van der Waals surface area contributed by atoms with E-state index in [9.17, 15) is 18.0 Å². The second-order valence-electron chi connectivity index (χ2n) is 6.68. The van der Waals surface area contributed by atoms with Crippen LogP contribution in [0.25, 0.3) is 0 Å². The van der Waals surface area contributed by atoms with Crippen molar-refractivity contribution in [1.29, 1.82) is 0 Å². The van der Waals surface area contributed by atoms with E-state index in [1.165, 1.54) is 25.3 Å². The molecule has 9 heteroatoms. The molecule has 0 radical (unpaired) electrons. The molecule has 0 bridgehead atoms. The van der Waals surface area contributed by atoms with Crippen LogP contribution in [-0.2, 0) is 14.8 Å². The van der Waals surface area contributed by atoms with Crippen molar-refractivity contribution in [3.05, 3.63) is 54.1 Å². The molecule has 1 fully saturated rings. The van der Waals surface area contributed by atoms with Gasteiger partial charge in [0.1, 0.15) is 5.75 Å². The van der Waals surface area contributed by atoms with Gasteiger partial charge in [-0.15, -0.1) is 0 Å². The monoisotopic (exact) mass is 417 g/mol. The fraction of sp³-hybridized carbons (Fsp3) is 0.300. The summed E-state index contributed by atoms with van der Waals surface area (Å²) in [5.41, 5.74) is 0.765. The van der Waals surface area contributed by atoms with Crippen LogP contribution in [0, 0.1) is 0 Å². The molecule has 0 aliphatic heterocycles. The maximum atomic E-state index is 12.4. The van der Waals surface area contributed by atoms with Crippen molar-refractivity contribution in [3.63, 3.8) is 0 Å². The summed E-state index contributed by atoms with van der Waals surface area (Å²) in [5, 5.41) is 5.32. The number of rotatable bonds is 9. The number of hydrogen-bond acceptors (Lipinski definition) is 5. The molecule has 154 valence electrons. The molecule has 29 heavy (non-hydrogen) atoms. The summed E-state index contributed by atoms with van der Waals surface area (Å²) in [4.78, 5) is 24.3. The first-order chi connectivity index (χ1) is 13.9. The van der Waals surface area contributed by atoms with Crippen LogP contribution in [0.3, 0.4) is 0 Å². The Kier molecular flexibility index (Phi) is 6.50. The number of carbonyl (C=O) groups excluding carboxylic acids is 2. The summed E-state index contributed by atoms with van der Waals surface area (Å²) in [5.74, 6) is -0.298. The number of benzene rings is 2. The molecule has 0 spiro atoms. The molecule has 0 heterocycles. The van der Waals surface area contributed by atoms with E-state index in [4.69, 9.17) is 4.74 Å². The third-order valence-electron chi connectivity index (χ3n) is 4.33. The molecule has 1 aliphatic rings. The second-order valence-corrected chi connectivity index (χ2v) is 8.39. The van der Waals surface area contributed by atoms with Crippen molar-refractivity contribution in [2.45, 2.75) is 30.2 Å². The normalized spacial score (nSPS) is 13.6. The fourth-order valence-corrected chi connectivity index (χ4v) is 3.97. The van der Waals surface area contributed by atoms with Gasteiger partial charge in [0, 0.05) is 24.6 Å². The van der Waals surface area contributed by atoms with Crippen molar-refractivity contribution in [1.82, 2.24) is 10.0 Å². The summed E-state index contributed by atoms with van der Waals surface area (Å²) < 4.78 is 32.6. The topological polar surface area (TPSA) is 114 Å². The SMILES string of the molecule is COc1ccc(S(=O)(=O)NC2CC2)cc1NC(=O)CCNC(=O)c1ccccc1. The van der Waals surface area contributed by atoms with Gasteiger partial charge in [0.25, 0.3) is 5.91 Å². The standard InChI is InChI=1S/C20H23N3O5S/c1-28-18-10-9-16(29(26,27)23-15-7-8-15)13-17(18)22-19(24)11-12-21-20(25)14-5-3-2-4-6-14/h2-6,9-10,13,15,23H,7-8,11-12H2,1H3,(H,21,25)(H,22,24). The predicted octanol–water partition coefficient (Wildman–Crippen LogP) is 1.89. The fourth-order valence-electron chi connectivity index (χ4n) is 2.63. The van der Waals surface area contributed by atoms with Gasteiger partial charge in [-0.05, 0) is 43.2 Å². The zero-order chi connectivity index (χ0) is 20.9. The van der Waals surface area contributed by atoms with Crippen molar-refractivity contribution in [3.8, 4) is 5.75 Å². The lowest BCUT2D eigenvalue weighted by Crippen LogP contribution is -2.28. The highest BCUT2D eigenvalue weighted by Gasteiger charge is 2.28. The molecular formula is C20H23N3O5S. The molecule has 2 aromatic carbocycles. The quantitative estimate of drug-likeness (QED) is 0.577. The van der Waals surface area contributed by atoms with E-state index in [-0.39, 0.29) is 41.4 Å². The number of anilines is 1. The van der Waals surface area contributed by atoms with Gasteiger partial charge in [-0.25, -0.2) is 13.1 Å². The summed E-state index contributed by atoms with van der Waals surface area (Å²) in [6.07, 6.45) is 1.68. The van der Waals surface area contributed by atoms with Crippen molar-refractivity contribution >= 4 is 27.5 Å². The molecule has 0 unspecified atom stereocenters. The van der Waals surface area contributed by atoms with Gasteiger partial charge in [-0.1, -0.05) is 18.2 Å². The van der Waals surface area contributed by atoms with Crippen molar-refractivity contribution in [2.75, 3.05) is 19.0 Å². The van der Waals surface area contributed by atoms with Crippen LogP contribution in [0.2, 0.25) is 0 Å². The Morgan fingerprint density at radius 3 is 2.48 bits per heavy atom. The second kappa shape index (κ2) is 9.06. The Morgan fingerprint density at radius 1 is 1.10 bits per heavy atom. The molecule has 3 N–H and O–H groups in total. The van der Waals surface area contributed by atoms with Crippen LogP contribution in [-0.4, -0.2) is 39.9 Å². The number of methoxy groups -OCH3 is 1. The minimum Gasteiger partial charge on any atom is -0.495 e. The molecular weight excluding hydrogens is 394 g/mol. The molecule has 1 aliphatic carbocycles. The molecule has 0 aromatic heterocycles. The first-order valence-corrected chi connectivity index (χ1v) is 10.7. The van der Waals surface area contributed by atoms with Crippen molar-refractivity contribution < 1.29 is 22.7 Å². The van der Waals surface area contributed by atoms with Gasteiger partial charge < -0.3 is 15.4 Å². The van der Waals surface area contributed by atoms with Crippen LogP contribution in [0.4, 0.5) is 5.69 Å². The molecule has 1 saturated carbocycles. The van der Waals surface area contributed by atoms with Gasteiger partial charge in [-0.3, -0.25) is 9.59 Å². The number of nitrogens with one attached hydrogen (secondary N) is 3. The Hall–Kier alpha value is -2.91. The first kappa shape index (κ1) is 20.8. The Morgan fingerprint density at radius 2 is 1.83 bits per heavy atom. The maximum absolute atomic E-state index is 12.4. The van der Waals surface area contributed by atoms with E-state index >= 15 is 0 Å². The summed E-state index contributed by atoms with van der Waals surface area (Å²) in [6, 6.07) is 13.0. The zero-order valence-corrected chi connectivity index (χ0v) is 16.8.